The van der Waals surface area contributed by atoms with Gasteiger partial charge in [0.25, 0.3) is 0 Å². The van der Waals surface area contributed by atoms with Crippen molar-refractivity contribution in [1.82, 2.24) is 0 Å². The Morgan fingerprint density at radius 3 is 0.839 bits per heavy atom. The zero-order chi connectivity index (χ0) is 45.0. The largest absolute Gasteiger partial charge is 0.478 e. The van der Waals surface area contributed by atoms with E-state index in [4.69, 9.17) is 4.74 Å². The van der Waals surface area contributed by atoms with Crippen LogP contribution in [0, 0.1) is 5.92 Å². The standard InChI is InChI=1S/C44H45O6S12/c1-14-15-16-50-38(49)23-34-28(55-43(10,11)61-34)20(29-35(23)62-44(12,13)56-29)17(18-24-30(57-39(2,3)51-24)21(36(45)46)31-25(18)52-40(4,5)58-31)19-26-32(59-41(6,7)53-26)22(37(47)48)33-27(19)54-42(8,9)60-33/h14H,1,15-16H2,2-13H3,(H,45,46)(H,47,48). The molecule has 6 heterocycles. The predicted molar refractivity (Wildman–Crippen MR) is 274 cm³/mol. The van der Waals surface area contributed by atoms with Gasteiger partial charge in [-0.25, -0.2) is 14.4 Å². The van der Waals surface area contributed by atoms with Gasteiger partial charge in [-0.2, -0.15) is 0 Å². The van der Waals surface area contributed by atoms with Crippen LogP contribution in [0.2, 0.25) is 0 Å². The van der Waals surface area contributed by atoms with Crippen LogP contribution in [0.3, 0.4) is 0 Å². The molecule has 3 aromatic rings. The number of benzene rings is 3. The lowest BCUT2D eigenvalue weighted by Crippen LogP contribution is -2.18. The first-order valence-corrected chi connectivity index (χ1v) is 29.6. The number of carboxylic acid groups (broad SMARTS) is 2. The van der Waals surface area contributed by atoms with Gasteiger partial charge in [0.05, 0.1) is 53.7 Å². The maximum atomic E-state index is 14.5. The molecule has 6 aliphatic heterocycles. The third-order valence-corrected chi connectivity index (χ3v) is 27.1. The molecule has 0 bridgehead atoms. The number of thioether (sulfide) groups is 12. The second-order valence-corrected chi connectivity index (χ2v) is 39.2. The highest BCUT2D eigenvalue weighted by Crippen LogP contribution is 2.74. The monoisotopic (exact) mass is 1050 g/mol. The molecule has 1 radical (unpaired) electrons. The minimum atomic E-state index is -0.930. The predicted octanol–water partition coefficient (Wildman–Crippen LogP) is 16.4. The Kier molecular flexibility index (Phi) is 12.0. The van der Waals surface area contributed by atoms with E-state index in [1.807, 2.05) is 0 Å². The highest BCUT2D eigenvalue weighted by Gasteiger charge is 2.54. The van der Waals surface area contributed by atoms with Crippen LogP contribution in [-0.4, -0.2) is 59.2 Å². The van der Waals surface area contributed by atoms with E-state index in [0.717, 1.165) is 81.4 Å². The van der Waals surface area contributed by atoms with Crippen LogP contribution in [0.1, 0.15) is 137 Å². The van der Waals surface area contributed by atoms with Crippen LogP contribution in [-0.2, 0) is 4.74 Å². The summed E-state index contributed by atoms with van der Waals surface area (Å²) in [6.07, 6.45) is 2.31. The number of carboxylic acids is 2. The van der Waals surface area contributed by atoms with Crippen LogP contribution in [0.5, 0.6) is 0 Å². The van der Waals surface area contributed by atoms with Gasteiger partial charge >= 0.3 is 17.9 Å². The summed E-state index contributed by atoms with van der Waals surface area (Å²) in [6, 6.07) is 0. The lowest BCUT2D eigenvalue weighted by molar-refractivity contribution is 0.0501. The number of ether oxygens (including phenoxy) is 1. The molecule has 6 nitrogen and oxygen atoms in total. The molecule has 0 aliphatic carbocycles. The molecule has 0 aromatic heterocycles. The van der Waals surface area contributed by atoms with Gasteiger partial charge in [-0.3, -0.25) is 0 Å². The summed E-state index contributed by atoms with van der Waals surface area (Å²) in [6.45, 7) is 30.2. The first-order valence-electron chi connectivity index (χ1n) is 19.8. The number of hydrogen-bond acceptors (Lipinski definition) is 16. The van der Waals surface area contributed by atoms with Crippen molar-refractivity contribution < 1.29 is 29.3 Å². The van der Waals surface area contributed by atoms with E-state index in [2.05, 4.69) is 89.7 Å². The molecule has 3 aromatic carbocycles. The number of carbonyl (C=O) groups is 3. The summed E-state index contributed by atoms with van der Waals surface area (Å²) in [4.78, 5) is 52.5. The second-order valence-electron chi connectivity index (χ2n) is 18.0. The number of esters is 1. The molecule has 62 heavy (non-hydrogen) atoms. The molecular formula is C44H45O6S12. The van der Waals surface area contributed by atoms with Crippen molar-refractivity contribution in [2.75, 3.05) is 6.61 Å². The van der Waals surface area contributed by atoms with Gasteiger partial charge in [0.2, 0.25) is 0 Å². The van der Waals surface area contributed by atoms with E-state index in [1.165, 1.54) is 0 Å². The molecule has 18 heteroatoms. The molecular weight excluding hydrogens is 1010 g/mol. The van der Waals surface area contributed by atoms with Gasteiger partial charge < -0.3 is 14.9 Å². The smallest absolute Gasteiger partial charge is 0.340 e. The van der Waals surface area contributed by atoms with E-state index in [9.17, 15) is 24.6 Å². The number of carbonyl (C=O) groups excluding carboxylic acids is 1. The fourth-order valence-corrected chi connectivity index (χ4v) is 25.9. The summed E-state index contributed by atoms with van der Waals surface area (Å²) in [5.74, 6) is -1.20. The second kappa shape index (κ2) is 15.8. The maximum absolute atomic E-state index is 14.5. The first-order chi connectivity index (χ1) is 28.6. The minimum Gasteiger partial charge on any atom is -0.478 e. The molecule has 0 unspecified atom stereocenters. The van der Waals surface area contributed by atoms with Crippen molar-refractivity contribution in [1.29, 1.82) is 0 Å². The van der Waals surface area contributed by atoms with E-state index < -0.39 is 11.9 Å². The van der Waals surface area contributed by atoms with E-state index in [-0.39, 0.29) is 37.1 Å². The Balaban J connectivity index is 1.50. The van der Waals surface area contributed by atoms with Gasteiger partial charge in [-0.1, -0.05) is 6.08 Å². The number of rotatable bonds is 9. The van der Waals surface area contributed by atoms with Crippen molar-refractivity contribution in [2.45, 2.75) is 173 Å². The van der Waals surface area contributed by atoms with Crippen molar-refractivity contribution >= 4 is 159 Å². The summed E-state index contributed by atoms with van der Waals surface area (Å²) >= 11 is 20.3. The molecule has 9 rings (SSSR count). The van der Waals surface area contributed by atoms with E-state index >= 15 is 0 Å². The summed E-state index contributed by atoms with van der Waals surface area (Å²) in [5, 5.41) is 22.2. The van der Waals surface area contributed by atoms with Crippen molar-refractivity contribution in [3.8, 4) is 0 Å². The Morgan fingerprint density at radius 2 is 0.629 bits per heavy atom. The molecule has 0 fully saturated rings. The highest BCUT2D eigenvalue weighted by atomic mass is 32.2. The summed E-state index contributed by atoms with van der Waals surface area (Å²) in [5.41, 5.74) is 4.41. The van der Waals surface area contributed by atoms with Crippen molar-refractivity contribution in [3.63, 3.8) is 0 Å². The fraction of sp³-hybridized carbons (Fsp3) is 0.455. The topological polar surface area (TPSA) is 101 Å². The Bertz CT molecular complexity index is 2340. The molecule has 0 spiro atoms. The van der Waals surface area contributed by atoms with Crippen LogP contribution in [0.15, 0.2) is 71.4 Å². The van der Waals surface area contributed by atoms with E-state index in [0.29, 0.717) is 23.1 Å². The Labute approximate surface area is 415 Å². The normalized spacial score (nSPS) is 21.9. The number of fused-ring (bicyclic) bond motifs is 6. The van der Waals surface area contributed by atoms with Crippen LogP contribution in [0.25, 0.3) is 0 Å². The average Bonchev–Trinajstić information content (AvgIpc) is 3.92. The quantitative estimate of drug-likeness (QED) is 0.0919. The van der Waals surface area contributed by atoms with Crippen molar-refractivity contribution in [3.05, 3.63) is 52.0 Å². The lowest BCUT2D eigenvalue weighted by atomic mass is 9.83. The Hall–Kier alpha value is 0.0100. The maximum Gasteiger partial charge on any atom is 0.340 e. The van der Waals surface area contributed by atoms with Gasteiger partial charge in [-0.05, 0) is 106 Å². The van der Waals surface area contributed by atoms with E-state index in [1.54, 1.807) is 147 Å². The number of hydrogen-bond donors (Lipinski definition) is 2. The van der Waals surface area contributed by atoms with Gasteiger partial charge in [0.1, 0.15) is 0 Å². The molecule has 0 saturated heterocycles. The molecule has 0 amide bonds. The molecule has 2 N–H and O–H groups in total. The van der Waals surface area contributed by atoms with Gasteiger partial charge in [-0.15, -0.1) is 148 Å². The zero-order valence-electron chi connectivity index (χ0n) is 36.1. The Morgan fingerprint density at radius 1 is 0.419 bits per heavy atom. The first kappa shape index (κ1) is 47.1. The fourth-order valence-electron chi connectivity index (χ4n) is 8.16. The molecule has 0 saturated carbocycles. The summed E-state index contributed by atoms with van der Waals surface area (Å²) < 4.78 is 3.87. The summed E-state index contributed by atoms with van der Waals surface area (Å²) in [7, 11) is 0. The molecule has 6 aliphatic rings. The van der Waals surface area contributed by atoms with Crippen LogP contribution >= 0.6 is 141 Å². The zero-order valence-corrected chi connectivity index (χ0v) is 45.9. The third kappa shape index (κ3) is 8.06. The molecule has 0 atom stereocenters. The van der Waals surface area contributed by atoms with Crippen LogP contribution < -0.4 is 0 Å². The molecule has 329 valence electrons. The van der Waals surface area contributed by atoms with Crippen molar-refractivity contribution in [2.24, 2.45) is 0 Å². The number of aromatic carboxylic acids is 2. The minimum absolute atomic E-state index is 0.237. The average molecular weight is 1050 g/mol. The van der Waals surface area contributed by atoms with Gasteiger partial charge in [0.15, 0.2) is 0 Å². The SMILES string of the molecule is C=CCCOC(=O)c1c2c(c([C](c3c4c(c(C(=O)O)c5c3SC(C)(C)S5)SC(C)(C)S4)c3c4c(c(C(=O)O)c5c3SC(C)(C)S5)SC(C)(C)S4)c3c1SC(C)(C)S3)SC(C)(C)S2. The highest BCUT2D eigenvalue weighted by molar-refractivity contribution is 8.23. The lowest BCUT2D eigenvalue weighted by Gasteiger charge is -2.31. The van der Waals surface area contributed by atoms with Crippen LogP contribution in [0.4, 0.5) is 0 Å². The third-order valence-electron chi connectivity index (χ3n) is 10.1. The van der Waals surface area contributed by atoms with Gasteiger partial charge in [0, 0.05) is 58.7 Å².